The molecule has 0 aliphatic heterocycles. The minimum absolute atomic E-state index is 0.182. The number of hydrogen-bond acceptors (Lipinski definition) is 6. The van der Waals surface area contributed by atoms with Crippen LogP contribution in [0.25, 0.3) is 11.0 Å². The second-order valence-corrected chi connectivity index (χ2v) is 4.59. The average Bonchev–Trinajstić information content (AvgIpc) is 2.57. The zero-order valence-corrected chi connectivity index (χ0v) is 12.5. The van der Waals surface area contributed by atoms with Gasteiger partial charge in [-0.3, -0.25) is 14.9 Å². The summed E-state index contributed by atoms with van der Waals surface area (Å²) in [6.45, 7) is 2.88. The van der Waals surface area contributed by atoms with Crippen molar-refractivity contribution >= 4 is 28.9 Å². The van der Waals surface area contributed by atoms with Gasteiger partial charge in [-0.2, -0.15) is 0 Å². The van der Waals surface area contributed by atoms with Crippen molar-refractivity contribution < 1.29 is 23.5 Å². The molecule has 0 saturated carbocycles. The van der Waals surface area contributed by atoms with Gasteiger partial charge in [0.05, 0.1) is 5.39 Å². The second-order valence-electron chi connectivity index (χ2n) is 4.59. The van der Waals surface area contributed by atoms with Crippen molar-refractivity contribution in [2.45, 2.75) is 0 Å². The van der Waals surface area contributed by atoms with Crippen LogP contribution in [0.2, 0.25) is 0 Å². The van der Waals surface area contributed by atoms with Crippen LogP contribution in [-0.2, 0) is 9.53 Å². The van der Waals surface area contributed by atoms with Gasteiger partial charge in [0.15, 0.2) is 12.0 Å². The van der Waals surface area contributed by atoms with Crippen molar-refractivity contribution in [3.8, 4) is 0 Å². The van der Waals surface area contributed by atoms with Crippen LogP contribution in [0.4, 0.5) is 4.79 Å². The smallest absolute Gasteiger partial charge is 0.374 e. The number of carbonyl (C=O) groups is 3. The van der Waals surface area contributed by atoms with E-state index in [0.29, 0.717) is 5.39 Å². The van der Waals surface area contributed by atoms with Crippen molar-refractivity contribution in [2.24, 2.45) is 0 Å². The minimum Gasteiger partial charge on any atom is -0.450 e. The minimum atomic E-state index is -0.987. The van der Waals surface area contributed by atoms with Crippen molar-refractivity contribution in [3.05, 3.63) is 59.0 Å². The first-order valence-electron chi connectivity index (χ1n) is 6.90. The highest BCUT2D eigenvalue weighted by atomic mass is 16.5. The highest BCUT2D eigenvalue weighted by molar-refractivity contribution is 5.96. The van der Waals surface area contributed by atoms with E-state index >= 15 is 0 Å². The van der Waals surface area contributed by atoms with E-state index in [4.69, 9.17) is 9.15 Å². The molecule has 24 heavy (non-hydrogen) atoms. The number of imide groups is 1. The Hall–Kier alpha value is -3.42. The molecule has 0 unspecified atom stereocenters. The summed E-state index contributed by atoms with van der Waals surface area (Å²) in [4.78, 5) is 46.4. The second kappa shape index (κ2) is 7.73. The fourth-order valence-corrected chi connectivity index (χ4v) is 1.78. The molecule has 1 aromatic heterocycles. The number of benzene rings is 1. The molecule has 3 amide bonds. The highest BCUT2D eigenvalue weighted by Gasteiger charge is 2.16. The lowest BCUT2D eigenvalue weighted by atomic mass is 10.2. The molecule has 0 aliphatic rings. The Kier molecular flexibility index (Phi) is 5.45. The summed E-state index contributed by atoms with van der Waals surface area (Å²) < 4.78 is 9.99. The Bertz CT molecular complexity index is 855. The third-order valence-electron chi connectivity index (χ3n) is 2.83. The predicted octanol–water partition coefficient (Wildman–Crippen LogP) is 0.962. The van der Waals surface area contributed by atoms with Crippen molar-refractivity contribution in [2.75, 3.05) is 13.2 Å². The van der Waals surface area contributed by atoms with Crippen LogP contribution in [0.3, 0.4) is 0 Å². The number of esters is 1. The molecule has 1 heterocycles. The van der Waals surface area contributed by atoms with E-state index in [1.807, 2.05) is 5.32 Å². The van der Waals surface area contributed by atoms with E-state index in [2.05, 4.69) is 11.9 Å². The Balaban J connectivity index is 1.98. The number of amides is 3. The van der Waals surface area contributed by atoms with Gasteiger partial charge in [-0.1, -0.05) is 18.2 Å². The first-order valence-corrected chi connectivity index (χ1v) is 6.90. The summed E-state index contributed by atoms with van der Waals surface area (Å²) in [5, 5.41) is 4.60. The molecule has 0 atom stereocenters. The van der Waals surface area contributed by atoms with Gasteiger partial charge in [0.1, 0.15) is 5.58 Å². The number of nitrogens with one attached hydrogen (secondary N) is 2. The van der Waals surface area contributed by atoms with E-state index in [9.17, 15) is 19.2 Å². The molecule has 8 heteroatoms. The molecule has 2 rings (SSSR count). The summed E-state index contributed by atoms with van der Waals surface area (Å²) in [5.41, 5.74) is -0.178. The molecule has 0 bridgehead atoms. The summed E-state index contributed by atoms with van der Waals surface area (Å²) in [7, 11) is 0. The molecular weight excluding hydrogens is 316 g/mol. The van der Waals surface area contributed by atoms with Gasteiger partial charge in [-0.15, -0.1) is 6.58 Å². The number of fused-ring (bicyclic) bond motifs is 1. The molecule has 2 N–H and O–H groups in total. The van der Waals surface area contributed by atoms with E-state index < -0.39 is 29.9 Å². The van der Waals surface area contributed by atoms with Gasteiger partial charge in [0.2, 0.25) is 5.76 Å². The van der Waals surface area contributed by atoms with E-state index in [1.54, 1.807) is 18.2 Å². The van der Waals surface area contributed by atoms with E-state index in [1.165, 1.54) is 12.1 Å². The lowest BCUT2D eigenvalue weighted by Gasteiger charge is -2.06. The zero-order chi connectivity index (χ0) is 17.5. The molecular formula is C16H14N2O6. The monoisotopic (exact) mass is 330 g/mol. The van der Waals surface area contributed by atoms with Gasteiger partial charge >= 0.3 is 12.0 Å². The highest BCUT2D eigenvalue weighted by Crippen LogP contribution is 2.12. The number of ether oxygens (including phenoxy) is 1. The summed E-state index contributed by atoms with van der Waals surface area (Å²) in [5.74, 6) is -2.14. The van der Waals surface area contributed by atoms with Crippen LogP contribution in [0.1, 0.15) is 10.6 Å². The van der Waals surface area contributed by atoms with Crippen LogP contribution in [0.15, 0.2) is 52.2 Å². The number of hydrogen-bond donors (Lipinski definition) is 2. The first kappa shape index (κ1) is 16.9. The molecule has 1 aromatic carbocycles. The number of urea groups is 1. The normalized spacial score (nSPS) is 10.0. The van der Waals surface area contributed by atoms with Crippen LogP contribution in [0.5, 0.6) is 0 Å². The third kappa shape index (κ3) is 4.29. The third-order valence-corrected chi connectivity index (χ3v) is 2.83. The Morgan fingerprint density at radius 3 is 2.75 bits per heavy atom. The molecule has 8 nitrogen and oxygen atoms in total. The Labute approximate surface area is 136 Å². The number of rotatable bonds is 5. The van der Waals surface area contributed by atoms with Crippen LogP contribution in [0, 0.1) is 0 Å². The molecule has 0 radical (unpaired) electrons. The quantitative estimate of drug-likeness (QED) is 0.623. The largest absolute Gasteiger partial charge is 0.450 e. The maximum absolute atomic E-state index is 11.9. The molecule has 2 aromatic rings. The van der Waals surface area contributed by atoms with Gasteiger partial charge < -0.3 is 14.5 Å². The molecule has 0 aliphatic carbocycles. The van der Waals surface area contributed by atoms with Crippen LogP contribution < -0.4 is 16.1 Å². The number of para-hydroxylation sites is 1. The lowest BCUT2D eigenvalue weighted by Crippen LogP contribution is -2.41. The molecule has 0 saturated heterocycles. The lowest BCUT2D eigenvalue weighted by molar-refractivity contribution is -0.123. The first-order chi connectivity index (χ1) is 11.5. The fraction of sp³-hybridized carbons (Fsp3) is 0.125. The Morgan fingerprint density at radius 1 is 1.25 bits per heavy atom. The fourth-order valence-electron chi connectivity index (χ4n) is 1.78. The zero-order valence-electron chi connectivity index (χ0n) is 12.5. The topological polar surface area (TPSA) is 115 Å². The maximum atomic E-state index is 11.9. The molecule has 0 fully saturated rings. The van der Waals surface area contributed by atoms with Crippen molar-refractivity contribution in [1.29, 1.82) is 0 Å². The predicted molar refractivity (Wildman–Crippen MR) is 84.5 cm³/mol. The Morgan fingerprint density at radius 2 is 2.00 bits per heavy atom. The van der Waals surface area contributed by atoms with E-state index in [0.717, 1.165) is 6.07 Å². The van der Waals surface area contributed by atoms with Crippen LogP contribution in [-0.4, -0.2) is 31.1 Å². The maximum Gasteiger partial charge on any atom is 0.374 e. The standard InChI is InChI=1S/C16H14N2O6/c1-2-7-17-16(22)18-14(20)9-23-15(21)13-8-11(19)10-5-3-4-6-12(10)24-13/h2-6,8H,1,7,9H2,(H2,17,18,20,22). The average molecular weight is 330 g/mol. The number of carbonyl (C=O) groups excluding carboxylic acids is 3. The SMILES string of the molecule is C=CCNC(=O)NC(=O)COC(=O)c1cc(=O)c2ccccc2o1. The molecule has 124 valence electrons. The van der Waals surface area contributed by atoms with Gasteiger partial charge in [0, 0.05) is 12.6 Å². The van der Waals surface area contributed by atoms with Crippen LogP contribution >= 0.6 is 0 Å². The van der Waals surface area contributed by atoms with Gasteiger partial charge in [-0.25, -0.2) is 9.59 Å². The van der Waals surface area contributed by atoms with Crippen molar-refractivity contribution in [1.82, 2.24) is 10.6 Å². The van der Waals surface area contributed by atoms with E-state index in [-0.39, 0.29) is 17.9 Å². The summed E-state index contributed by atoms with van der Waals surface area (Å²) in [6, 6.07) is 6.65. The molecule has 0 spiro atoms. The van der Waals surface area contributed by atoms with Crippen molar-refractivity contribution in [3.63, 3.8) is 0 Å². The summed E-state index contributed by atoms with van der Waals surface area (Å²) in [6.07, 6.45) is 1.44. The summed E-state index contributed by atoms with van der Waals surface area (Å²) >= 11 is 0. The van der Waals surface area contributed by atoms with Gasteiger partial charge in [0.25, 0.3) is 5.91 Å². The van der Waals surface area contributed by atoms with Gasteiger partial charge in [-0.05, 0) is 12.1 Å².